The summed E-state index contributed by atoms with van der Waals surface area (Å²) in [5.74, 6) is 1.61. The number of pyridine rings is 1. The maximum atomic E-state index is 9.20. The summed E-state index contributed by atoms with van der Waals surface area (Å²) in [5, 5.41) is 0. The number of benzene rings is 8. The Kier molecular flexibility index (Phi) is 7.42. The van der Waals surface area contributed by atoms with Crippen LogP contribution in [0, 0.1) is 10.7 Å². The number of hydrogen-bond donors (Lipinski definition) is 0. The molecule has 0 aliphatic carbocycles. The number of aromatic nitrogens is 3. The van der Waals surface area contributed by atoms with E-state index in [1.807, 2.05) is 132 Å². The first-order valence-electron chi connectivity index (χ1n) is 25.8. The van der Waals surface area contributed by atoms with E-state index in [4.69, 9.17) is 17.9 Å². The van der Waals surface area contributed by atoms with Crippen molar-refractivity contribution in [1.82, 2.24) is 14.1 Å². The van der Waals surface area contributed by atoms with Crippen LogP contribution in [0.3, 0.4) is 0 Å². The van der Waals surface area contributed by atoms with Crippen LogP contribution in [0.2, 0.25) is 0 Å². The number of imidazole rings is 1. The molecule has 0 atom stereocenters. The molecule has 0 saturated heterocycles. The zero-order valence-corrected chi connectivity index (χ0v) is 39.0. The third-order valence-electron chi connectivity index (χ3n) is 13.3. The van der Waals surface area contributed by atoms with E-state index < -0.39 is 13.8 Å². The Hall–Kier alpha value is -7.47. The normalized spacial score (nSPS) is 14.8. The van der Waals surface area contributed by atoms with E-state index in [0.717, 1.165) is 82.0 Å². The molecule has 67 heavy (non-hydrogen) atoms. The molecule has 0 N–H and O–H groups in total. The molecule has 8 aromatic carbocycles. The number of rotatable bonds is 6. The van der Waals surface area contributed by atoms with Gasteiger partial charge in [0.1, 0.15) is 0 Å². The Morgan fingerprint density at radius 1 is 0.582 bits per heavy atom. The van der Waals surface area contributed by atoms with Crippen molar-refractivity contribution in [2.75, 3.05) is 9.62 Å². The van der Waals surface area contributed by atoms with Gasteiger partial charge in [0.05, 0.1) is 5.48 Å². The molecule has 8 heteroatoms. The summed E-state index contributed by atoms with van der Waals surface area (Å²) in [7, 11) is 0. The second kappa shape index (κ2) is 15.0. The van der Waals surface area contributed by atoms with Crippen LogP contribution < -0.4 is 19.8 Å². The molecule has 2 aromatic heterocycles. The topological polar surface area (TPSA) is 38.5 Å². The van der Waals surface area contributed by atoms with Crippen molar-refractivity contribution < 1.29 is 33.7 Å². The van der Waals surface area contributed by atoms with Crippen molar-refractivity contribution in [3.63, 3.8) is 0 Å². The third-order valence-corrected chi connectivity index (χ3v) is 14.3. The first-order valence-corrected chi connectivity index (χ1v) is 23.5. The Bertz CT molecular complexity index is 4080. The van der Waals surface area contributed by atoms with Gasteiger partial charge in [0, 0.05) is 11.3 Å². The van der Waals surface area contributed by atoms with Crippen molar-refractivity contribution >= 4 is 46.4 Å². The van der Waals surface area contributed by atoms with E-state index >= 15 is 0 Å². The molecule has 5 heterocycles. The van der Waals surface area contributed by atoms with Crippen molar-refractivity contribution in [2.45, 2.75) is 33.0 Å². The Labute approximate surface area is 411 Å². The summed E-state index contributed by atoms with van der Waals surface area (Å²) in [6.45, 7) is 3.73. The molecule has 3 aliphatic rings. The molecule has 324 valence electrons. The van der Waals surface area contributed by atoms with Crippen LogP contribution in [0.15, 0.2) is 194 Å². The molecule has 0 amide bonds. The molecule has 3 aliphatic heterocycles. The van der Waals surface area contributed by atoms with E-state index in [0.29, 0.717) is 28.7 Å². The number of ether oxygens (including phenoxy) is 1. The zero-order valence-electron chi connectivity index (χ0n) is 43.7. The van der Waals surface area contributed by atoms with Crippen molar-refractivity contribution in [2.24, 2.45) is 0 Å². The number of aryl methyl sites for hydroxylation is 1. The summed E-state index contributed by atoms with van der Waals surface area (Å²) in [4.78, 5) is 9.48. The standard InChI is InChI=1S/C59H44BN5O.Pt/c1-38-34-48(39-16-6-5-7-17-39)57(49(35-38)40-28-30-41(31-29-40)59(2,3)4)63-37-62(51-24-10-11-25-52(51)63)42-18-14-19-43(36-42)66-55-33-32-47-46-22-15-21-45-44-20-8-9-23-50(44)64-53-26-12-13-27-54(53)65(58(47)61-55)60(64)56(45)46;/h5-36H,1-4H3;/i1D3,8D,9D,20D,23D;. The third kappa shape index (κ3) is 6.14. The fourth-order valence-electron chi connectivity index (χ4n) is 10.3. The van der Waals surface area contributed by atoms with Crippen LogP contribution in [0.25, 0.3) is 66.9 Å². The van der Waals surface area contributed by atoms with Gasteiger partial charge in [0.2, 0.25) is 0 Å². The minimum absolute atomic E-state index is 0.0654. The molecular formula is C59H44BN5OPt. The number of anilines is 4. The van der Waals surface area contributed by atoms with Crippen molar-refractivity contribution in [3.05, 3.63) is 209 Å². The molecule has 0 saturated carbocycles. The predicted molar refractivity (Wildman–Crippen MR) is 271 cm³/mol. The SMILES string of the molecule is [2H]c1c([2H])c([2H])c2c(c1[2H])-c1cccc3c1B1N(c4ccccc4N12)c1nc(Oc2cccc(-n4[c](=[Pt])n(-c5c(-c6ccccc6)cc(C([2H])([2H])[2H])cc5-c5ccc(C(C)(C)C)cc5)c5ccccc54)c2)ccc1-3. The molecule has 0 spiro atoms. The fourth-order valence-corrected chi connectivity index (χ4v) is 11.4. The second-order valence-electron chi connectivity index (χ2n) is 18.2. The number of nitrogens with zero attached hydrogens (tertiary/aromatic N) is 5. The van der Waals surface area contributed by atoms with Gasteiger partial charge in [0.15, 0.2) is 0 Å². The fraction of sp³-hybridized carbons (Fsp3) is 0.0847. The molecule has 0 unspecified atom stereocenters. The van der Waals surface area contributed by atoms with Crippen LogP contribution >= 0.6 is 0 Å². The molecule has 0 bridgehead atoms. The van der Waals surface area contributed by atoms with Gasteiger partial charge in [-0.15, -0.1) is 0 Å². The van der Waals surface area contributed by atoms with E-state index in [1.54, 1.807) is 0 Å². The van der Waals surface area contributed by atoms with Gasteiger partial charge in [-0.25, -0.2) is 0 Å². The zero-order chi connectivity index (χ0) is 51.1. The number of para-hydroxylation sites is 5. The monoisotopic (exact) mass is 1050 g/mol. The summed E-state index contributed by atoms with van der Waals surface area (Å²) in [6.07, 6.45) is 0. The molecule has 0 radical (unpaired) electrons. The van der Waals surface area contributed by atoms with Gasteiger partial charge in [-0.1, -0.05) is 42.4 Å². The molecule has 0 fully saturated rings. The first kappa shape index (κ1) is 33.1. The van der Waals surface area contributed by atoms with Crippen LogP contribution in [0.4, 0.5) is 22.9 Å². The van der Waals surface area contributed by atoms with Gasteiger partial charge >= 0.3 is 336 Å². The first-order chi connectivity index (χ1) is 35.6. The van der Waals surface area contributed by atoms with Crippen LogP contribution in [-0.4, -0.2) is 21.1 Å². The van der Waals surface area contributed by atoms with Gasteiger partial charge in [-0.05, 0) is 17.7 Å². The number of hydrogen-bond acceptors (Lipinski definition) is 4. The van der Waals surface area contributed by atoms with Crippen molar-refractivity contribution in [3.8, 4) is 67.5 Å². The minimum atomic E-state index is -2.36. The average Bonchev–Trinajstić information content (AvgIpc) is 3.97. The Morgan fingerprint density at radius 2 is 1.24 bits per heavy atom. The van der Waals surface area contributed by atoms with E-state index in [9.17, 15) is 1.37 Å². The van der Waals surface area contributed by atoms with Crippen molar-refractivity contribution in [1.29, 1.82) is 0 Å². The molecule has 10 aromatic rings. The van der Waals surface area contributed by atoms with E-state index in [-0.39, 0.29) is 35.1 Å². The molecule has 6 nitrogen and oxygen atoms in total. The molecule has 13 rings (SSSR count). The predicted octanol–water partition coefficient (Wildman–Crippen LogP) is 14.3. The van der Waals surface area contributed by atoms with E-state index in [1.165, 1.54) is 5.56 Å². The molecular weight excluding hydrogens is 1000 g/mol. The van der Waals surface area contributed by atoms with Gasteiger partial charge in [0.25, 0.3) is 0 Å². The summed E-state index contributed by atoms with van der Waals surface area (Å²) >= 11 is 2.39. The second-order valence-corrected chi connectivity index (χ2v) is 19.2. The summed E-state index contributed by atoms with van der Waals surface area (Å²) in [6, 6.07) is 55.4. The van der Waals surface area contributed by atoms with Gasteiger partial charge in [-0.3, -0.25) is 0 Å². The van der Waals surface area contributed by atoms with Gasteiger partial charge in [-0.2, -0.15) is 0 Å². The maximum absolute atomic E-state index is 9.20. The van der Waals surface area contributed by atoms with Gasteiger partial charge < -0.3 is 0 Å². The van der Waals surface area contributed by atoms with Crippen LogP contribution in [0.1, 0.15) is 41.5 Å². The van der Waals surface area contributed by atoms with Crippen LogP contribution in [0.5, 0.6) is 11.6 Å². The van der Waals surface area contributed by atoms with Crippen LogP contribution in [-0.2, 0) is 24.8 Å². The summed E-state index contributed by atoms with van der Waals surface area (Å²) in [5.41, 5.74) is 14.5. The average molecular weight is 1050 g/mol. The van der Waals surface area contributed by atoms with E-state index in [2.05, 4.69) is 96.5 Å². The number of fused-ring (bicyclic) bond motifs is 10. The summed E-state index contributed by atoms with van der Waals surface area (Å²) < 4.78 is 73.7. The Morgan fingerprint density at radius 3 is 1.99 bits per heavy atom. The quantitative estimate of drug-likeness (QED) is 0.156. The Balaban J connectivity index is 0.951.